The summed E-state index contributed by atoms with van der Waals surface area (Å²) in [5, 5.41) is 0. The lowest BCUT2D eigenvalue weighted by Crippen LogP contribution is -2.35. The van der Waals surface area contributed by atoms with E-state index >= 15 is 0 Å². The van der Waals surface area contributed by atoms with Crippen LogP contribution in [-0.4, -0.2) is 11.8 Å². The van der Waals surface area contributed by atoms with Crippen molar-refractivity contribution in [2.75, 3.05) is 4.90 Å². The van der Waals surface area contributed by atoms with Crippen molar-refractivity contribution in [1.82, 2.24) is 0 Å². The van der Waals surface area contributed by atoms with Crippen molar-refractivity contribution in [2.45, 2.75) is 38.5 Å². The Labute approximate surface area is 140 Å². The maximum absolute atomic E-state index is 14.2. The predicted molar refractivity (Wildman–Crippen MR) is 87.6 cm³/mol. The SMILES string of the molecule is O=C1[C@@H]2[C@@H](C(=O)N1c1ccccc1F)[C@H]1CCCC1=C1CCC[C@@H]12. The van der Waals surface area contributed by atoms with Gasteiger partial charge < -0.3 is 0 Å². The molecule has 24 heavy (non-hydrogen) atoms. The molecule has 1 aromatic rings. The summed E-state index contributed by atoms with van der Waals surface area (Å²) in [6.07, 6.45) is 6.39. The lowest BCUT2D eigenvalue weighted by molar-refractivity contribution is -0.122. The van der Waals surface area contributed by atoms with E-state index < -0.39 is 5.82 Å². The van der Waals surface area contributed by atoms with Crippen LogP contribution in [0.5, 0.6) is 0 Å². The van der Waals surface area contributed by atoms with Gasteiger partial charge in [-0.05, 0) is 62.5 Å². The van der Waals surface area contributed by atoms with Crippen LogP contribution in [0.25, 0.3) is 0 Å². The normalized spacial score (nSPS) is 34.6. The van der Waals surface area contributed by atoms with E-state index in [0.29, 0.717) is 0 Å². The van der Waals surface area contributed by atoms with E-state index in [1.807, 2.05) is 0 Å². The maximum atomic E-state index is 14.2. The van der Waals surface area contributed by atoms with E-state index in [9.17, 15) is 14.0 Å². The van der Waals surface area contributed by atoms with Crippen LogP contribution in [0.15, 0.2) is 35.4 Å². The Morgan fingerprint density at radius 3 is 1.96 bits per heavy atom. The first kappa shape index (κ1) is 14.4. The Morgan fingerprint density at radius 1 is 0.875 bits per heavy atom. The molecule has 1 aromatic carbocycles. The van der Waals surface area contributed by atoms with Gasteiger partial charge in [-0.25, -0.2) is 9.29 Å². The quantitative estimate of drug-likeness (QED) is 0.581. The molecule has 3 fully saturated rings. The Balaban J connectivity index is 1.63. The Kier molecular flexibility index (Phi) is 3.00. The number of nitrogens with zero attached hydrogens (tertiary/aromatic N) is 1. The van der Waals surface area contributed by atoms with Crippen molar-refractivity contribution in [3.05, 3.63) is 41.2 Å². The average molecular weight is 325 g/mol. The minimum Gasteiger partial charge on any atom is -0.274 e. The van der Waals surface area contributed by atoms with Crippen LogP contribution in [0.1, 0.15) is 38.5 Å². The van der Waals surface area contributed by atoms with E-state index in [1.165, 1.54) is 17.2 Å². The van der Waals surface area contributed by atoms with Gasteiger partial charge in [0.25, 0.3) is 0 Å². The number of allylic oxidation sites excluding steroid dienone is 2. The molecule has 1 heterocycles. The highest BCUT2D eigenvalue weighted by Crippen LogP contribution is 2.57. The molecular weight excluding hydrogens is 305 g/mol. The van der Waals surface area contributed by atoms with Crippen LogP contribution in [0.2, 0.25) is 0 Å². The predicted octanol–water partition coefficient (Wildman–Crippen LogP) is 3.84. The van der Waals surface area contributed by atoms with E-state index in [1.54, 1.807) is 18.2 Å². The molecule has 0 unspecified atom stereocenters. The van der Waals surface area contributed by atoms with Crippen LogP contribution >= 0.6 is 0 Å². The first-order valence-electron chi connectivity index (χ1n) is 9.02. The molecule has 2 amide bonds. The van der Waals surface area contributed by atoms with Crippen molar-refractivity contribution in [3.63, 3.8) is 0 Å². The third-order valence-electron chi connectivity index (χ3n) is 6.59. The van der Waals surface area contributed by atoms with Gasteiger partial charge in [-0.1, -0.05) is 23.3 Å². The molecule has 5 rings (SSSR count). The zero-order valence-electron chi connectivity index (χ0n) is 13.5. The van der Waals surface area contributed by atoms with Gasteiger partial charge in [0.2, 0.25) is 11.8 Å². The second-order valence-corrected chi connectivity index (χ2v) is 7.56. The average Bonchev–Trinajstić information content (AvgIpc) is 3.26. The fourth-order valence-corrected chi connectivity index (χ4v) is 5.76. The van der Waals surface area contributed by atoms with Crippen LogP contribution in [0, 0.1) is 29.5 Å². The third kappa shape index (κ3) is 1.72. The fraction of sp³-hybridized carbons (Fsp3) is 0.500. The number of carbonyl (C=O) groups excluding carboxylic acids is 2. The maximum Gasteiger partial charge on any atom is 0.238 e. The Bertz CT molecular complexity index is 742. The summed E-state index contributed by atoms with van der Waals surface area (Å²) in [6, 6.07) is 6.13. The molecule has 4 atom stereocenters. The molecule has 4 aliphatic rings. The van der Waals surface area contributed by atoms with Gasteiger partial charge in [-0.3, -0.25) is 9.59 Å². The highest BCUT2D eigenvalue weighted by Gasteiger charge is 2.59. The number of carbonyl (C=O) groups is 2. The molecule has 0 spiro atoms. The molecule has 0 bridgehead atoms. The van der Waals surface area contributed by atoms with Gasteiger partial charge in [0.05, 0.1) is 17.5 Å². The minimum absolute atomic E-state index is 0.126. The van der Waals surface area contributed by atoms with Gasteiger partial charge in [-0.15, -0.1) is 0 Å². The van der Waals surface area contributed by atoms with Crippen molar-refractivity contribution in [1.29, 1.82) is 0 Å². The number of imide groups is 1. The lowest BCUT2D eigenvalue weighted by Gasteiger charge is -2.34. The number of benzene rings is 1. The molecule has 1 saturated heterocycles. The van der Waals surface area contributed by atoms with Crippen LogP contribution in [0.3, 0.4) is 0 Å². The first-order valence-corrected chi connectivity index (χ1v) is 9.02. The van der Waals surface area contributed by atoms with Crippen molar-refractivity contribution >= 4 is 17.5 Å². The molecule has 4 heteroatoms. The lowest BCUT2D eigenvalue weighted by atomic mass is 9.66. The standard InChI is InChI=1S/C20H20FNO2/c21-15-9-1-2-10-16(15)22-19(23)17-13-7-3-5-11(13)12-6-4-8-14(12)18(17)20(22)24/h1-2,9-10,13-14,17-18H,3-8H2/t13-,14-,17-,18-/m0/s1. The summed E-state index contributed by atoms with van der Waals surface area (Å²) in [6.45, 7) is 0. The largest absolute Gasteiger partial charge is 0.274 e. The molecule has 0 N–H and O–H groups in total. The van der Waals surface area contributed by atoms with E-state index in [-0.39, 0.29) is 41.2 Å². The Morgan fingerprint density at radius 2 is 1.42 bits per heavy atom. The van der Waals surface area contributed by atoms with Crippen LogP contribution in [0.4, 0.5) is 10.1 Å². The number of para-hydroxylation sites is 1. The molecule has 124 valence electrons. The number of hydrogen-bond acceptors (Lipinski definition) is 2. The van der Waals surface area contributed by atoms with Gasteiger partial charge in [-0.2, -0.15) is 0 Å². The number of hydrogen-bond donors (Lipinski definition) is 0. The molecule has 3 nitrogen and oxygen atoms in total. The second-order valence-electron chi connectivity index (χ2n) is 7.56. The van der Waals surface area contributed by atoms with Gasteiger partial charge in [0.1, 0.15) is 5.82 Å². The van der Waals surface area contributed by atoms with Crippen molar-refractivity contribution in [3.8, 4) is 0 Å². The molecule has 3 aliphatic carbocycles. The van der Waals surface area contributed by atoms with Crippen LogP contribution < -0.4 is 4.90 Å². The first-order chi connectivity index (χ1) is 11.7. The third-order valence-corrected chi connectivity index (χ3v) is 6.59. The van der Waals surface area contributed by atoms with E-state index in [2.05, 4.69) is 0 Å². The number of fused-ring (bicyclic) bond motifs is 5. The molecular formula is C20H20FNO2. The molecule has 1 aliphatic heterocycles. The van der Waals surface area contributed by atoms with Gasteiger partial charge >= 0.3 is 0 Å². The van der Waals surface area contributed by atoms with Crippen molar-refractivity contribution < 1.29 is 14.0 Å². The highest BCUT2D eigenvalue weighted by molar-refractivity contribution is 6.22. The Hall–Kier alpha value is -1.97. The molecule has 2 saturated carbocycles. The van der Waals surface area contributed by atoms with Crippen LogP contribution in [-0.2, 0) is 9.59 Å². The molecule has 0 radical (unpaired) electrons. The smallest absolute Gasteiger partial charge is 0.238 e. The highest BCUT2D eigenvalue weighted by atomic mass is 19.1. The van der Waals surface area contributed by atoms with Gasteiger partial charge in [0.15, 0.2) is 0 Å². The van der Waals surface area contributed by atoms with Gasteiger partial charge in [0, 0.05) is 0 Å². The fourth-order valence-electron chi connectivity index (χ4n) is 5.76. The summed E-state index contributed by atoms with van der Waals surface area (Å²) >= 11 is 0. The zero-order chi connectivity index (χ0) is 16.4. The monoisotopic (exact) mass is 325 g/mol. The summed E-state index contributed by atoms with van der Waals surface area (Å²) in [7, 11) is 0. The summed E-state index contributed by atoms with van der Waals surface area (Å²) in [4.78, 5) is 27.5. The summed E-state index contributed by atoms with van der Waals surface area (Å²) < 4.78 is 14.2. The van der Waals surface area contributed by atoms with E-state index in [4.69, 9.17) is 0 Å². The summed E-state index contributed by atoms with van der Waals surface area (Å²) in [5.41, 5.74) is 3.06. The number of amides is 2. The topological polar surface area (TPSA) is 37.4 Å². The minimum atomic E-state index is -0.496. The summed E-state index contributed by atoms with van der Waals surface area (Å²) in [5.74, 6) is -0.942. The van der Waals surface area contributed by atoms with Crippen molar-refractivity contribution in [2.24, 2.45) is 23.7 Å². The second kappa shape index (κ2) is 5.01. The number of rotatable bonds is 1. The number of anilines is 1. The number of halogens is 1. The zero-order valence-corrected chi connectivity index (χ0v) is 13.5. The molecule has 0 aromatic heterocycles. The van der Waals surface area contributed by atoms with E-state index in [0.717, 1.165) is 43.4 Å².